The maximum absolute atomic E-state index is 13.5. The molecule has 3 rings (SSSR count). The zero-order chi connectivity index (χ0) is 25.3. The summed E-state index contributed by atoms with van der Waals surface area (Å²) in [4.78, 5) is 1.47. The molecule has 0 bridgehead atoms. The van der Waals surface area contributed by atoms with Crippen molar-refractivity contribution < 1.29 is 34.8 Å². The van der Waals surface area contributed by atoms with Crippen molar-refractivity contribution in [2.24, 2.45) is 0 Å². The monoisotopic (exact) mass is 525 g/mol. The molecule has 5 nitrogen and oxygen atoms in total. The van der Waals surface area contributed by atoms with Crippen molar-refractivity contribution in [1.29, 1.82) is 5.26 Å². The van der Waals surface area contributed by atoms with Crippen LogP contribution in [0.1, 0.15) is 23.1 Å². The van der Waals surface area contributed by atoms with E-state index in [0.29, 0.717) is 9.99 Å². The van der Waals surface area contributed by atoms with Crippen LogP contribution in [0.3, 0.4) is 0 Å². The Kier molecular flexibility index (Phi) is 7.40. The first-order valence-electron chi connectivity index (χ1n) is 9.87. The highest BCUT2D eigenvalue weighted by molar-refractivity contribution is 7.89. The molecular formula is C21H18ClF6N3O2S. The predicted molar refractivity (Wildman–Crippen MR) is 114 cm³/mol. The van der Waals surface area contributed by atoms with E-state index < -0.39 is 39.7 Å². The molecule has 1 heterocycles. The van der Waals surface area contributed by atoms with Gasteiger partial charge >= 0.3 is 12.4 Å². The number of sulfonamides is 1. The van der Waals surface area contributed by atoms with Crippen molar-refractivity contribution in [1.82, 2.24) is 4.31 Å². The van der Waals surface area contributed by atoms with Crippen LogP contribution in [0.2, 0.25) is 5.02 Å². The van der Waals surface area contributed by atoms with Crippen LogP contribution in [-0.2, 0) is 22.7 Å². The molecule has 1 fully saturated rings. The molecule has 0 spiro atoms. The summed E-state index contributed by atoms with van der Waals surface area (Å²) < 4.78 is 104. The molecule has 0 amide bonds. The highest BCUT2D eigenvalue weighted by Crippen LogP contribution is 2.35. The molecule has 0 unspecified atom stereocenters. The summed E-state index contributed by atoms with van der Waals surface area (Å²) in [5.74, 6) is -2.02. The third-order valence-electron chi connectivity index (χ3n) is 5.37. The molecule has 1 atom stereocenters. The van der Waals surface area contributed by atoms with Gasteiger partial charge in [-0.1, -0.05) is 29.8 Å². The number of nitriles is 1. The number of rotatable bonds is 6. The Morgan fingerprint density at radius 2 is 1.79 bits per heavy atom. The van der Waals surface area contributed by atoms with Gasteiger partial charge in [-0.25, -0.2) is 8.42 Å². The Morgan fingerprint density at radius 3 is 2.38 bits per heavy atom. The van der Waals surface area contributed by atoms with Crippen molar-refractivity contribution in [2.45, 2.75) is 31.4 Å². The predicted octanol–water partition coefficient (Wildman–Crippen LogP) is 5.20. The third-order valence-corrected chi connectivity index (χ3v) is 7.50. The number of nitrogens with zero attached hydrogens (tertiary/aromatic N) is 3. The fraction of sp³-hybridized carbons (Fsp3) is 0.381. The van der Waals surface area contributed by atoms with E-state index in [1.807, 2.05) is 6.07 Å². The summed E-state index contributed by atoms with van der Waals surface area (Å²) in [7, 11) is -4.66. The molecule has 34 heavy (non-hydrogen) atoms. The van der Waals surface area contributed by atoms with Crippen LogP contribution < -0.4 is 4.90 Å². The average Bonchev–Trinajstić information content (AvgIpc) is 3.21. The summed E-state index contributed by atoms with van der Waals surface area (Å²) >= 11 is 6.10. The minimum Gasteiger partial charge on any atom is -0.363 e. The van der Waals surface area contributed by atoms with Crippen LogP contribution in [0.25, 0.3) is 0 Å². The fourth-order valence-electron chi connectivity index (χ4n) is 3.84. The molecule has 0 radical (unpaired) electrons. The van der Waals surface area contributed by atoms with E-state index >= 15 is 0 Å². The van der Waals surface area contributed by atoms with Crippen molar-refractivity contribution in [3.8, 4) is 6.07 Å². The number of anilines is 1. The van der Waals surface area contributed by atoms with Crippen LogP contribution in [0.15, 0.2) is 42.5 Å². The minimum atomic E-state index is -4.93. The van der Waals surface area contributed by atoms with Gasteiger partial charge in [-0.3, -0.25) is 0 Å². The van der Waals surface area contributed by atoms with Crippen molar-refractivity contribution in [2.75, 3.05) is 23.7 Å². The lowest BCUT2D eigenvalue weighted by Crippen LogP contribution is -2.41. The van der Waals surface area contributed by atoms with Gasteiger partial charge in [-0.15, -0.1) is 0 Å². The Labute approximate surface area is 197 Å². The lowest BCUT2D eigenvalue weighted by molar-refractivity contribution is -0.138. The number of alkyl halides is 6. The van der Waals surface area contributed by atoms with Gasteiger partial charge in [0.15, 0.2) is 5.75 Å². The van der Waals surface area contributed by atoms with Gasteiger partial charge < -0.3 is 4.90 Å². The smallest absolute Gasteiger partial charge is 0.363 e. The molecule has 0 aliphatic carbocycles. The van der Waals surface area contributed by atoms with Gasteiger partial charge in [0.2, 0.25) is 10.0 Å². The van der Waals surface area contributed by atoms with Gasteiger partial charge in [-0.05, 0) is 36.2 Å². The van der Waals surface area contributed by atoms with Crippen molar-refractivity contribution in [3.63, 3.8) is 0 Å². The molecule has 184 valence electrons. The van der Waals surface area contributed by atoms with Gasteiger partial charge in [0.1, 0.15) is 6.07 Å². The largest absolute Gasteiger partial charge is 0.416 e. The lowest BCUT2D eigenvalue weighted by Gasteiger charge is -2.32. The van der Waals surface area contributed by atoms with E-state index in [2.05, 4.69) is 0 Å². The van der Waals surface area contributed by atoms with Gasteiger partial charge in [-0.2, -0.15) is 35.9 Å². The molecule has 0 saturated carbocycles. The van der Waals surface area contributed by atoms with Crippen molar-refractivity contribution >= 4 is 27.3 Å². The lowest BCUT2D eigenvalue weighted by atomic mass is 10.0. The summed E-state index contributed by atoms with van der Waals surface area (Å²) in [6.45, 7) is -0.871. The van der Waals surface area contributed by atoms with E-state index in [-0.39, 0.29) is 42.2 Å². The van der Waals surface area contributed by atoms with Crippen LogP contribution >= 0.6 is 11.6 Å². The fourth-order valence-corrected chi connectivity index (χ4v) is 5.43. The van der Waals surface area contributed by atoms with Crippen LogP contribution in [0.4, 0.5) is 32.0 Å². The maximum atomic E-state index is 13.5. The number of benzene rings is 2. The van der Waals surface area contributed by atoms with Gasteiger partial charge in [0.05, 0.1) is 16.1 Å². The van der Waals surface area contributed by atoms with Crippen molar-refractivity contribution in [3.05, 3.63) is 64.2 Å². The van der Waals surface area contributed by atoms with Crippen LogP contribution in [0.5, 0.6) is 0 Å². The Balaban J connectivity index is 1.98. The summed E-state index contributed by atoms with van der Waals surface area (Å²) in [5.41, 5.74) is -0.561. The SMILES string of the molecule is N#Cc1ccc(N(Cc2ccccc2C(F)(F)F)[C@H]2CCN(S(=O)(=O)CC(F)(F)F)C2)cc1Cl. The Morgan fingerprint density at radius 1 is 1.12 bits per heavy atom. The first kappa shape index (κ1) is 26.1. The Bertz CT molecular complexity index is 1190. The van der Waals surface area contributed by atoms with E-state index in [4.69, 9.17) is 16.9 Å². The summed E-state index contributed by atoms with van der Waals surface area (Å²) in [6, 6.07) is 10.2. The minimum absolute atomic E-state index is 0.0358. The second-order valence-electron chi connectivity index (χ2n) is 7.73. The molecule has 1 aliphatic heterocycles. The second-order valence-corrected chi connectivity index (χ2v) is 10.1. The highest BCUT2D eigenvalue weighted by atomic mass is 35.5. The molecule has 1 aliphatic rings. The number of halogens is 7. The van der Waals surface area contributed by atoms with Crippen LogP contribution in [-0.4, -0.2) is 43.8 Å². The standard InChI is InChI=1S/C21H18ClF6N3O2S/c22-19-9-16(6-5-14(19)10-29)31(11-15-3-1-2-4-18(15)21(26,27)28)17-7-8-30(12-17)34(32,33)13-20(23,24)25/h1-6,9,17H,7-8,11-13H2/t17-/m0/s1. The zero-order valence-electron chi connectivity index (χ0n) is 17.4. The first-order valence-corrected chi connectivity index (χ1v) is 11.9. The first-order chi connectivity index (χ1) is 15.7. The molecule has 0 N–H and O–H groups in total. The third kappa shape index (κ3) is 6.14. The molecule has 2 aromatic rings. The average molecular weight is 526 g/mol. The molecular weight excluding hydrogens is 508 g/mol. The topological polar surface area (TPSA) is 64.4 Å². The quantitative estimate of drug-likeness (QED) is 0.486. The normalized spacial score (nSPS) is 17.5. The number of hydrogen-bond acceptors (Lipinski definition) is 4. The molecule has 13 heteroatoms. The van der Waals surface area contributed by atoms with E-state index in [1.54, 1.807) is 0 Å². The van der Waals surface area contributed by atoms with Crippen LogP contribution in [0, 0.1) is 11.3 Å². The second kappa shape index (κ2) is 9.64. The molecule has 1 saturated heterocycles. The molecule has 0 aromatic heterocycles. The highest BCUT2D eigenvalue weighted by Gasteiger charge is 2.42. The van der Waals surface area contributed by atoms with Gasteiger partial charge in [0, 0.05) is 31.4 Å². The summed E-state index contributed by atoms with van der Waals surface area (Å²) in [6.07, 6.45) is -9.49. The Hall–Kier alpha value is -2.49. The zero-order valence-corrected chi connectivity index (χ0v) is 18.9. The summed E-state index contributed by atoms with van der Waals surface area (Å²) in [5, 5.41) is 9.14. The molecule has 2 aromatic carbocycles. The van der Waals surface area contributed by atoms with Gasteiger partial charge in [0.25, 0.3) is 0 Å². The maximum Gasteiger partial charge on any atom is 0.416 e. The number of hydrogen-bond donors (Lipinski definition) is 0. The van der Waals surface area contributed by atoms with E-state index in [1.165, 1.54) is 41.3 Å². The van der Waals surface area contributed by atoms with E-state index in [9.17, 15) is 34.8 Å². The van der Waals surface area contributed by atoms with E-state index in [0.717, 1.165) is 6.07 Å².